The Bertz CT molecular complexity index is 791. The average molecular weight is 336 g/mol. The van der Waals surface area contributed by atoms with Crippen molar-refractivity contribution in [1.29, 1.82) is 0 Å². The number of para-hydroxylation sites is 1. The number of amides is 2. The largest absolute Gasteiger partial charge is 0.481 e. The molecule has 2 N–H and O–H groups in total. The van der Waals surface area contributed by atoms with E-state index in [-0.39, 0.29) is 18.4 Å². The number of carbonyl (C=O) groups is 2. The van der Waals surface area contributed by atoms with Crippen molar-refractivity contribution in [3.05, 3.63) is 65.7 Å². The molecule has 0 bridgehead atoms. The molecule has 0 aliphatic carbocycles. The third-order valence-electron chi connectivity index (χ3n) is 3.40. The fourth-order valence-electron chi connectivity index (χ4n) is 2.10. The topological polar surface area (TPSA) is 67.4 Å². The first kappa shape index (κ1) is 18.1. The Morgan fingerprint density at radius 1 is 1.08 bits per heavy atom. The Hall–Kier alpha value is -3.26. The molecule has 0 aromatic heterocycles. The van der Waals surface area contributed by atoms with Gasteiger partial charge >= 0.3 is 0 Å². The lowest BCUT2D eigenvalue weighted by molar-refractivity contribution is -0.126. The first-order valence-electron chi connectivity index (χ1n) is 7.91. The van der Waals surface area contributed by atoms with Gasteiger partial charge in [-0.1, -0.05) is 42.2 Å². The minimum Gasteiger partial charge on any atom is -0.481 e. The van der Waals surface area contributed by atoms with Crippen LogP contribution in [-0.4, -0.2) is 31.5 Å². The van der Waals surface area contributed by atoms with Crippen LogP contribution in [0.4, 0.5) is 0 Å². The van der Waals surface area contributed by atoms with Crippen molar-refractivity contribution in [2.75, 3.05) is 13.6 Å². The third kappa shape index (κ3) is 5.40. The van der Waals surface area contributed by atoms with Gasteiger partial charge in [0.15, 0.2) is 6.10 Å². The molecule has 1 atom stereocenters. The molecule has 0 saturated heterocycles. The van der Waals surface area contributed by atoms with Crippen molar-refractivity contribution in [2.45, 2.75) is 13.0 Å². The summed E-state index contributed by atoms with van der Waals surface area (Å²) in [4.78, 5) is 23.8. The van der Waals surface area contributed by atoms with Gasteiger partial charge in [0, 0.05) is 12.6 Å². The van der Waals surface area contributed by atoms with Gasteiger partial charge in [0.1, 0.15) is 5.75 Å². The maximum atomic E-state index is 12.0. The van der Waals surface area contributed by atoms with Gasteiger partial charge < -0.3 is 15.4 Å². The van der Waals surface area contributed by atoms with Crippen LogP contribution < -0.4 is 15.4 Å². The SMILES string of the molecule is CNC(=O)c1ccccc1C#CCNC(=O)C(C)Oc1ccccc1. The number of rotatable bonds is 5. The fraction of sp³-hybridized carbons (Fsp3) is 0.200. The van der Waals surface area contributed by atoms with E-state index in [1.54, 1.807) is 44.3 Å². The Balaban J connectivity index is 1.90. The van der Waals surface area contributed by atoms with Gasteiger partial charge in [0.2, 0.25) is 0 Å². The van der Waals surface area contributed by atoms with Gasteiger partial charge in [0.05, 0.1) is 12.1 Å². The van der Waals surface area contributed by atoms with Crippen molar-refractivity contribution in [3.63, 3.8) is 0 Å². The molecule has 2 aromatic rings. The average Bonchev–Trinajstić information content (AvgIpc) is 2.65. The van der Waals surface area contributed by atoms with E-state index in [0.717, 1.165) is 0 Å². The molecule has 0 spiro atoms. The molecule has 128 valence electrons. The number of hydrogen-bond donors (Lipinski definition) is 2. The van der Waals surface area contributed by atoms with Gasteiger partial charge in [-0.2, -0.15) is 0 Å². The predicted octanol–water partition coefficient (Wildman–Crippen LogP) is 1.98. The lowest BCUT2D eigenvalue weighted by atomic mass is 10.1. The quantitative estimate of drug-likeness (QED) is 0.821. The molecule has 0 aliphatic heterocycles. The smallest absolute Gasteiger partial charge is 0.261 e. The minimum absolute atomic E-state index is 0.170. The van der Waals surface area contributed by atoms with Crippen LogP contribution in [-0.2, 0) is 4.79 Å². The molecule has 0 saturated carbocycles. The van der Waals surface area contributed by atoms with Gasteiger partial charge in [-0.3, -0.25) is 9.59 Å². The molecule has 0 fully saturated rings. The molecule has 5 nitrogen and oxygen atoms in total. The second-order valence-electron chi connectivity index (χ2n) is 5.22. The minimum atomic E-state index is -0.623. The Kier molecular flexibility index (Phi) is 6.61. The monoisotopic (exact) mass is 336 g/mol. The second-order valence-corrected chi connectivity index (χ2v) is 5.22. The van der Waals surface area contributed by atoms with E-state index >= 15 is 0 Å². The van der Waals surface area contributed by atoms with Crippen LogP contribution in [0, 0.1) is 11.8 Å². The predicted molar refractivity (Wildman–Crippen MR) is 96.3 cm³/mol. The van der Waals surface area contributed by atoms with Crippen molar-refractivity contribution in [1.82, 2.24) is 10.6 Å². The van der Waals surface area contributed by atoms with Crippen LogP contribution in [0.15, 0.2) is 54.6 Å². The standard InChI is InChI=1S/C20H20N2O3/c1-15(25-17-11-4-3-5-12-17)19(23)22-14-8-10-16-9-6-7-13-18(16)20(24)21-2/h3-7,9,11-13,15H,14H2,1-2H3,(H,21,24)(H,22,23). The lowest BCUT2D eigenvalue weighted by Gasteiger charge is -2.13. The highest BCUT2D eigenvalue weighted by Crippen LogP contribution is 2.10. The summed E-state index contributed by atoms with van der Waals surface area (Å²) >= 11 is 0. The zero-order chi connectivity index (χ0) is 18.1. The van der Waals surface area contributed by atoms with Crippen LogP contribution in [0.1, 0.15) is 22.8 Å². The summed E-state index contributed by atoms with van der Waals surface area (Å²) in [6.07, 6.45) is -0.623. The summed E-state index contributed by atoms with van der Waals surface area (Å²) in [7, 11) is 1.57. The highest BCUT2D eigenvalue weighted by atomic mass is 16.5. The van der Waals surface area contributed by atoms with Crippen molar-refractivity contribution in [2.24, 2.45) is 0 Å². The molecule has 25 heavy (non-hydrogen) atoms. The Labute approximate surface area is 147 Å². The summed E-state index contributed by atoms with van der Waals surface area (Å²) in [6, 6.07) is 16.2. The molecule has 5 heteroatoms. The van der Waals surface area contributed by atoms with E-state index in [1.165, 1.54) is 0 Å². The van der Waals surface area contributed by atoms with Gasteiger partial charge in [0.25, 0.3) is 11.8 Å². The first-order chi connectivity index (χ1) is 12.1. The number of carbonyl (C=O) groups excluding carboxylic acids is 2. The summed E-state index contributed by atoms with van der Waals surface area (Å²) in [6.45, 7) is 1.85. The van der Waals surface area contributed by atoms with Crippen LogP contribution in [0.25, 0.3) is 0 Å². The molecular weight excluding hydrogens is 316 g/mol. The Morgan fingerprint density at radius 3 is 2.48 bits per heavy atom. The van der Waals surface area contributed by atoms with E-state index in [1.807, 2.05) is 24.3 Å². The van der Waals surface area contributed by atoms with E-state index in [9.17, 15) is 9.59 Å². The molecule has 2 amide bonds. The zero-order valence-electron chi connectivity index (χ0n) is 14.2. The third-order valence-corrected chi connectivity index (χ3v) is 3.40. The highest BCUT2D eigenvalue weighted by molar-refractivity contribution is 5.96. The summed E-state index contributed by atoms with van der Waals surface area (Å²) in [5, 5.41) is 5.27. The zero-order valence-corrected chi connectivity index (χ0v) is 14.2. The lowest BCUT2D eigenvalue weighted by Crippen LogP contribution is -2.36. The summed E-state index contributed by atoms with van der Waals surface area (Å²) in [5.41, 5.74) is 1.12. The Morgan fingerprint density at radius 2 is 1.76 bits per heavy atom. The van der Waals surface area contributed by atoms with Crippen LogP contribution in [0.2, 0.25) is 0 Å². The number of benzene rings is 2. The molecular formula is C20H20N2O3. The maximum Gasteiger partial charge on any atom is 0.261 e. The molecule has 0 aliphatic rings. The molecule has 2 aromatic carbocycles. The van der Waals surface area contributed by atoms with Gasteiger partial charge in [-0.05, 0) is 31.2 Å². The van der Waals surface area contributed by atoms with Crippen LogP contribution in [0.3, 0.4) is 0 Å². The number of nitrogens with one attached hydrogen (secondary N) is 2. The van der Waals surface area contributed by atoms with Crippen molar-refractivity contribution in [3.8, 4) is 17.6 Å². The van der Waals surface area contributed by atoms with Gasteiger partial charge in [-0.15, -0.1) is 0 Å². The first-order valence-corrected chi connectivity index (χ1v) is 7.91. The van der Waals surface area contributed by atoms with Crippen molar-refractivity contribution >= 4 is 11.8 Å². The molecule has 0 heterocycles. The molecule has 1 unspecified atom stereocenters. The molecule has 2 rings (SSSR count). The highest BCUT2D eigenvalue weighted by Gasteiger charge is 2.13. The van der Waals surface area contributed by atoms with E-state index in [4.69, 9.17) is 4.74 Å². The van der Waals surface area contributed by atoms with E-state index in [0.29, 0.717) is 16.9 Å². The summed E-state index contributed by atoms with van der Waals surface area (Å²) < 4.78 is 5.54. The van der Waals surface area contributed by atoms with Crippen molar-refractivity contribution < 1.29 is 14.3 Å². The van der Waals surface area contributed by atoms with E-state index < -0.39 is 6.10 Å². The van der Waals surface area contributed by atoms with Crippen LogP contribution >= 0.6 is 0 Å². The molecule has 0 radical (unpaired) electrons. The maximum absolute atomic E-state index is 12.0. The van der Waals surface area contributed by atoms with Gasteiger partial charge in [-0.25, -0.2) is 0 Å². The van der Waals surface area contributed by atoms with E-state index in [2.05, 4.69) is 22.5 Å². The normalized spacial score (nSPS) is 10.8. The second kappa shape index (κ2) is 9.14. The fourth-order valence-corrected chi connectivity index (χ4v) is 2.10. The number of hydrogen-bond acceptors (Lipinski definition) is 3. The van der Waals surface area contributed by atoms with Crippen LogP contribution in [0.5, 0.6) is 5.75 Å². The number of ether oxygens (including phenoxy) is 1. The summed E-state index contributed by atoms with van der Waals surface area (Å²) in [5.74, 6) is 5.95.